The molecule has 3 rings (SSSR count). The lowest BCUT2D eigenvalue weighted by Crippen LogP contribution is -2.39. The lowest BCUT2D eigenvalue weighted by molar-refractivity contribution is 0.0939. The Balaban J connectivity index is 1.67. The Hall–Kier alpha value is -2.70. The second kappa shape index (κ2) is 6.43. The number of amides is 1. The fourth-order valence-corrected chi connectivity index (χ4v) is 2.85. The van der Waals surface area contributed by atoms with Crippen molar-refractivity contribution in [1.29, 1.82) is 0 Å². The second-order valence-electron chi connectivity index (χ2n) is 5.88. The van der Waals surface area contributed by atoms with Gasteiger partial charge in [-0.15, -0.1) is 0 Å². The first kappa shape index (κ1) is 16.2. The monoisotopic (exact) mass is 333 g/mol. The average molecular weight is 333 g/mol. The molecule has 0 radical (unpaired) electrons. The molecule has 2 aromatic rings. The maximum atomic E-state index is 13.8. The second-order valence-corrected chi connectivity index (χ2v) is 5.88. The van der Waals surface area contributed by atoms with Crippen LogP contribution in [0.2, 0.25) is 0 Å². The molecule has 0 spiro atoms. The Morgan fingerprint density at radius 1 is 1.29 bits per heavy atom. The third-order valence-corrected chi connectivity index (χ3v) is 4.07. The van der Waals surface area contributed by atoms with Crippen molar-refractivity contribution in [2.75, 3.05) is 18.0 Å². The van der Waals surface area contributed by atoms with Gasteiger partial charge < -0.3 is 15.2 Å². The van der Waals surface area contributed by atoms with Crippen LogP contribution in [-0.2, 0) is 0 Å². The molecule has 1 aromatic heterocycles. The molecule has 1 amide bonds. The van der Waals surface area contributed by atoms with Crippen LogP contribution in [-0.4, -0.2) is 30.0 Å². The van der Waals surface area contributed by atoms with Gasteiger partial charge in [0.05, 0.1) is 5.69 Å². The average Bonchev–Trinajstić information content (AvgIpc) is 2.95. The van der Waals surface area contributed by atoms with E-state index >= 15 is 0 Å². The highest BCUT2D eigenvalue weighted by Gasteiger charge is 2.26. The number of nitrogens with zero attached hydrogens (tertiary/aromatic N) is 1. The summed E-state index contributed by atoms with van der Waals surface area (Å²) in [5, 5.41) is 2.79. The van der Waals surface area contributed by atoms with Crippen molar-refractivity contribution >= 4 is 11.6 Å². The number of nitrogens with one attached hydrogen (secondary N) is 2. The predicted octanol–water partition coefficient (Wildman–Crippen LogP) is 1.97. The predicted molar refractivity (Wildman–Crippen MR) is 86.2 cm³/mol. The summed E-state index contributed by atoms with van der Waals surface area (Å²) < 4.78 is 26.8. The molecule has 1 fully saturated rings. The fraction of sp³-hybridized carbons (Fsp3) is 0.294. The molecule has 2 N–H and O–H groups in total. The lowest BCUT2D eigenvalue weighted by Gasteiger charge is -2.19. The third-order valence-electron chi connectivity index (χ3n) is 4.07. The third kappa shape index (κ3) is 3.29. The van der Waals surface area contributed by atoms with E-state index in [0.29, 0.717) is 30.9 Å². The van der Waals surface area contributed by atoms with Gasteiger partial charge in [0.25, 0.3) is 11.5 Å². The van der Waals surface area contributed by atoms with E-state index in [9.17, 15) is 18.4 Å². The molecule has 0 unspecified atom stereocenters. The molecule has 24 heavy (non-hydrogen) atoms. The first-order valence-electron chi connectivity index (χ1n) is 7.65. The Kier molecular flexibility index (Phi) is 4.33. The van der Waals surface area contributed by atoms with Crippen LogP contribution in [0.25, 0.3) is 0 Å². The summed E-state index contributed by atoms with van der Waals surface area (Å²) >= 11 is 0. The Morgan fingerprint density at radius 3 is 2.79 bits per heavy atom. The van der Waals surface area contributed by atoms with Gasteiger partial charge in [-0.1, -0.05) is 0 Å². The van der Waals surface area contributed by atoms with Crippen LogP contribution in [0.15, 0.2) is 35.1 Å². The highest BCUT2D eigenvalue weighted by molar-refractivity contribution is 5.94. The van der Waals surface area contributed by atoms with E-state index in [1.807, 2.05) is 0 Å². The number of rotatable bonds is 3. The van der Waals surface area contributed by atoms with Gasteiger partial charge in [0.2, 0.25) is 0 Å². The number of aromatic amines is 1. The van der Waals surface area contributed by atoms with E-state index in [1.54, 1.807) is 17.9 Å². The van der Waals surface area contributed by atoms with Crippen molar-refractivity contribution in [3.05, 3.63) is 63.6 Å². The topological polar surface area (TPSA) is 65.2 Å². The van der Waals surface area contributed by atoms with Crippen molar-refractivity contribution in [2.24, 2.45) is 0 Å². The van der Waals surface area contributed by atoms with Crippen LogP contribution in [0.5, 0.6) is 0 Å². The molecular weight excluding hydrogens is 316 g/mol. The molecule has 2 heterocycles. The van der Waals surface area contributed by atoms with E-state index < -0.39 is 23.1 Å². The number of H-pyrrole nitrogens is 1. The fourth-order valence-electron chi connectivity index (χ4n) is 2.85. The van der Waals surface area contributed by atoms with Crippen molar-refractivity contribution in [1.82, 2.24) is 10.3 Å². The normalized spacial score (nSPS) is 17.1. The van der Waals surface area contributed by atoms with Crippen molar-refractivity contribution < 1.29 is 13.6 Å². The molecule has 5 nitrogen and oxygen atoms in total. The van der Waals surface area contributed by atoms with Crippen molar-refractivity contribution in [3.63, 3.8) is 0 Å². The summed E-state index contributed by atoms with van der Waals surface area (Å²) in [5.41, 5.74) is 0.593. The highest BCUT2D eigenvalue weighted by Crippen LogP contribution is 2.24. The Labute approximate surface area is 137 Å². The zero-order valence-electron chi connectivity index (χ0n) is 13.1. The zero-order valence-corrected chi connectivity index (χ0v) is 13.1. The van der Waals surface area contributed by atoms with Crippen LogP contribution in [0.3, 0.4) is 0 Å². The first-order chi connectivity index (χ1) is 11.4. The largest absolute Gasteiger partial charge is 0.367 e. The molecule has 0 saturated carbocycles. The van der Waals surface area contributed by atoms with Gasteiger partial charge in [0, 0.05) is 30.9 Å². The smallest absolute Gasteiger partial charge is 0.260 e. The Morgan fingerprint density at radius 2 is 2.08 bits per heavy atom. The molecule has 0 aliphatic carbocycles. The lowest BCUT2D eigenvalue weighted by atomic mass is 10.2. The molecule has 1 saturated heterocycles. The molecular formula is C17H17F2N3O2. The summed E-state index contributed by atoms with van der Waals surface area (Å²) in [6.45, 7) is 2.67. The van der Waals surface area contributed by atoms with E-state index in [1.165, 1.54) is 18.2 Å². The van der Waals surface area contributed by atoms with Gasteiger partial charge in [0.15, 0.2) is 0 Å². The van der Waals surface area contributed by atoms with Gasteiger partial charge in [-0.05, 0) is 37.6 Å². The van der Waals surface area contributed by atoms with Gasteiger partial charge in [-0.2, -0.15) is 0 Å². The minimum Gasteiger partial charge on any atom is -0.367 e. The molecule has 1 atom stereocenters. The summed E-state index contributed by atoms with van der Waals surface area (Å²) in [6, 6.07) is 6.37. The minimum atomic E-state index is -0.628. The highest BCUT2D eigenvalue weighted by atomic mass is 19.1. The van der Waals surface area contributed by atoms with Crippen LogP contribution in [0.1, 0.15) is 22.5 Å². The Bertz CT molecular complexity index is 835. The van der Waals surface area contributed by atoms with Crippen LogP contribution < -0.4 is 15.8 Å². The summed E-state index contributed by atoms with van der Waals surface area (Å²) in [4.78, 5) is 28.3. The summed E-state index contributed by atoms with van der Waals surface area (Å²) in [7, 11) is 0. The van der Waals surface area contributed by atoms with Crippen LogP contribution in [0.4, 0.5) is 14.5 Å². The molecule has 7 heteroatoms. The number of aromatic nitrogens is 1. The van der Waals surface area contributed by atoms with Crippen LogP contribution in [0, 0.1) is 18.6 Å². The number of halogens is 2. The molecule has 0 bridgehead atoms. The van der Waals surface area contributed by atoms with E-state index in [-0.39, 0.29) is 11.6 Å². The number of aryl methyl sites for hydroxylation is 1. The number of hydrogen-bond acceptors (Lipinski definition) is 3. The van der Waals surface area contributed by atoms with E-state index in [2.05, 4.69) is 10.3 Å². The van der Waals surface area contributed by atoms with E-state index in [4.69, 9.17) is 0 Å². The summed E-state index contributed by atoms with van der Waals surface area (Å²) in [6.07, 6.45) is 0.617. The summed E-state index contributed by atoms with van der Waals surface area (Å²) in [5.74, 6) is -1.71. The number of hydrogen-bond donors (Lipinski definition) is 2. The minimum absolute atomic E-state index is 0.0482. The quantitative estimate of drug-likeness (QED) is 0.903. The molecule has 1 aromatic carbocycles. The van der Waals surface area contributed by atoms with Gasteiger partial charge in [0.1, 0.15) is 17.2 Å². The van der Waals surface area contributed by atoms with Crippen molar-refractivity contribution in [2.45, 2.75) is 19.4 Å². The molecule has 1 aliphatic rings. The zero-order chi connectivity index (χ0) is 17.3. The first-order valence-corrected chi connectivity index (χ1v) is 7.65. The SMILES string of the molecule is Cc1ccc(C(=O)N[C@H]2CCN(c3ccc(F)cc3F)C2)c(=O)[nH]1. The number of anilines is 1. The number of carbonyl (C=O) groups is 1. The van der Waals surface area contributed by atoms with Crippen molar-refractivity contribution in [3.8, 4) is 0 Å². The maximum Gasteiger partial charge on any atom is 0.260 e. The maximum absolute atomic E-state index is 13.8. The van der Waals surface area contributed by atoms with Gasteiger partial charge in [-0.3, -0.25) is 9.59 Å². The number of carbonyl (C=O) groups excluding carboxylic acids is 1. The number of pyridine rings is 1. The van der Waals surface area contributed by atoms with Gasteiger partial charge >= 0.3 is 0 Å². The standard InChI is InChI=1S/C17H17F2N3O2/c1-10-2-4-13(16(23)20-10)17(24)21-12-6-7-22(9-12)15-5-3-11(18)8-14(15)19/h2-5,8,12H,6-7,9H2,1H3,(H,20,23)(H,21,24)/t12-/m0/s1. The molecule has 126 valence electrons. The molecule has 1 aliphatic heterocycles. The van der Waals surface area contributed by atoms with Crippen LogP contribution >= 0.6 is 0 Å². The van der Waals surface area contributed by atoms with E-state index in [0.717, 1.165) is 6.07 Å². The van der Waals surface area contributed by atoms with Gasteiger partial charge in [-0.25, -0.2) is 8.78 Å². The number of benzene rings is 1.